The molecule has 8 heteroatoms. The molecule has 1 aliphatic heterocycles. The minimum Gasteiger partial charge on any atom is -0.378 e. The first kappa shape index (κ1) is 21.3. The quantitative estimate of drug-likeness (QED) is 0.651. The van der Waals surface area contributed by atoms with Crippen LogP contribution in [0.15, 0.2) is 48.5 Å². The zero-order chi connectivity index (χ0) is 21.3. The number of anilines is 3. The van der Waals surface area contributed by atoms with Crippen molar-refractivity contribution in [2.75, 3.05) is 48.8 Å². The van der Waals surface area contributed by atoms with Crippen LogP contribution in [0.2, 0.25) is 0 Å². The molecule has 0 unspecified atom stereocenters. The van der Waals surface area contributed by atoms with Gasteiger partial charge in [-0.3, -0.25) is 14.4 Å². The number of nitrogens with one attached hydrogen (secondary N) is 3. The van der Waals surface area contributed by atoms with Crippen molar-refractivity contribution in [2.24, 2.45) is 0 Å². The molecular weight excluding hydrogens is 384 g/mol. The first-order valence-corrected chi connectivity index (χ1v) is 9.96. The first-order valence-electron chi connectivity index (χ1n) is 9.96. The number of carbonyl (C=O) groups excluding carboxylic acids is 3. The Kier molecular flexibility index (Phi) is 7.40. The molecule has 0 saturated carbocycles. The Morgan fingerprint density at radius 1 is 0.900 bits per heavy atom. The molecule has 3 amide bonds. The minimum atomic E-state index is -0.220. The normalized spacial score (nSPS) is 13.4. The van der Waals surface area contributed by atoms with E-state index in [0.29, 0.717) is 49.7 Å². The van der Waals surface area contributed by atoms with E-state index in [1.54, 1.807) is 60.4 Å². The molecule has 30 heavy (non-hydrogen) atoms. The van der Waals surface area contributed by atoms with E-state index in [0.717, 1.165) is 5.69 Å². The van der Waals surface area contributed by atoms with Gasteiger partial charge in [0.1, 0.15) is 0 Å². The van der Waals surface area contributed by atoms with Gasteiger partial charge in [0.25, 0.3) is 5.91 Å². The van der Waals surface area contributed by atoms with E-state index in [2.05, 4.69) is 16.0 Å². The zero-order valence-electron chi connectivity index (χ0n) is 16.9. The van der Waals surface area contributed by atoms with Crippen molar-refractivity contribution in [1.29, 1.82) is 0 Å². The third-order valence-electron chi connectivity index (χ3n) is 4.63. The van der Waals surface area contributed by atoms with Crippen molar-refractivity contribution in [1.82, 2.24) is 4.90 Å². The molecule has 1 fully saturated rings. The third kappa shape index (κ3) is 6.05. The minimum absolute atomic E-state index is 0.0161. The zero-order valence-corrected chi connectivity index (χ0v) is 16.9. The lowest BCUT2D eigenvalue weighted by atomic mass is 10.1. The molecule has 0 bridgehead atoms. The lowest BCUT2D eigenvalue weighted by Gasteiger charge is -2.26. The molecule has 0 radical (unpaired) electrons. The molecule has 2 aromatic carbocycles. The summed E-state index contributed by atoms with van der Waals surface area (Å²) in [7, 11) is 0. The summed E-state index contributed by atoms with van der Waals surface area (Å²) >= 11 is 0. The van der Waals surface area contributed by atoms with Crippen LogP contribution in [0.5, 0.6) is 0 Å². The maximum absolute atomic E-state index is 12.5. The van der Waals surface area contributed by atoms with E-state index in [1.165, 1.54) is 0 Å². The van der Waals surface area contributed by atoms with Gasteiger partial charge >= 0.3 is 0 Å². The highest BCUT2D eigenvalue weighted by atomic mass is 16.5. The van der Waals surface area contributed by atoms with E-state index in [1.807, 2.05) is 0 Å². The number of morpholine rings is 1. The van der Waals surface area contributed by atoms with Gasteiger partial charge in [-0.15, -0.1) is 0 Å². The van der Waals surface area contributed by atoms with Crippen molar-refractivity contribution in [3.05, 3.63) is 54.1 Å². The van der Waals surface area contributed by atoms with Gasteiger partial charge in [-0.25, -0.2) is 0 Å². The Balaban J connectivity index is 1.49. The fourth-order valence-electron chi connectivity index (χ4n) is 2.99. The lowest BCUT2D eigenvalue weighted by molar-refractivity contribution is -0.116. The van der Waals surface area contributed by atoms with Crippen molar-refractivity contribution in [3.63, 3.8) is 0 Å². The molecule has 1 aliphatic rings. The van der Waals surface area contributed by atoms with Crippen LogP contribution in [0.25, 0.3) is 0 Å². The molecule has 3 N–H and O–H groups in total. The second kappa shape index (κ2) is 10.4. The van der Waals surface area contributed by atoms with Crippen LogP contribution in [0.1, 0.15) is 23.7 Å². The predicted molar refractivity (Wildman–Crippen MR) is 116 cm³/mol. The number of hydrogen-bond donors (Lipinski definition) is 3. The van der Waals surface area contributed by atoms with Gasteiger partial charge in [0.2, 0.25) is 11.8 Å². The van der Waals surface area contributed by atoms with Crippen molar-refractivity contribution >= 4 is 34.8 Å². The molecular formula is C22H26N4O4. The molecule has 8 nitrogen and oxygen atoms in total. The van der Waals surface area contributed by atoms with E-state index < -0.39 is 0 Å². The highest BCUT2D eigenvalue weighted by Crippen LogP contribution is 2.16. The molecule has 0 aromatic heterocycles. The monoisotopic (exact) mass is 410 g/mol. The Hall–Kier alpha value is -3.39. The van der Waals surface area contributed by atoms with Gasteiger partial charge in [-0.2, -0.15) is 0 Å². The van der Waals surface area contributed by atoms with Crippen LogP contribution >= 0.6 is 0 Å². The maximum atomic E-state index is 12.5. The van der Waals surface area contributed by atoms with Gasteiger partial charge in [0.15, 0.2) is 0 Å². The van der Waals surface area contributed by atoms with Crippen LogP contribution in [0, 0.1) is 0 Å². The Morgan fingerprint density at radius 2 is 1.53 bits per heavy atom. The van der Waals surface area contributed by atoms with Gasteiger partial charge < -0.3 is 25.6 Å². The molecule has 1 saturated heterocycles. The van der Waals surface area contributed by atoms with Crippen LogP contribution in [-0.2, 0) is 14.3 Å². The fraction of sp³-hybridized carbons (Fsp3) is 0.318. The van der Waals surface area contributed by atoms with Crippen LogP contribution < -0.4 is 16.0 Å². The summed E-state index contributed by atoms with van der Waals surface area (Å²) in [5, 5.41) is 8.59. The average Bonchev–Trinajstić information content (AvgIpc) is 2.78. The second-order valence-electron chi connectivity index (χ2n) is 6.87. The number of rotatable bonds is 7. The van der Waals surface area contributed by atoms with E-state index in [-0.39, 0.29) is 24.3 Å². The summed E-state index contributed by atoms with van der Waals surface area (Å²) in [6.07, 6.45) is 0.386. The molecule has 0 atom stereocenters. The van der Waals surface area contributed by atoms with Crippen molar-refractivity contribution in [3.8, 4) is 0 Å². The van der Waals surface area contributed by atoms with Crippen molar-refractivity contribution < 1.29 is 19.1 Å². The number of benzene rings is 2. The average molecular weight is 410 g/mol. The largest absolute Gasteiger partial charge is 0.378 e. The van der Waals surface area contributed by atoms with E-state index in [9.17, 15) is 14.4 Å². The molecule has 0 aliphatic carbocycles. The highest BCUT2D eigenvalue weighted by Gasteiger charge is 2.18. The van der Waals surface area contributed by atoms with E-state index >= 15 is 0 Å². The standard InChI is InChI=1S/C22H26N4O4/c1-2-20(27)24-18-4-3-5-19(14-18)25-21(28)15-23-17-8-6-16(7-9-17)22(29)26-10-12-30-13-11-26/h3-9,14,23H,2,10-13,15H2,1H3,(H,24,27)(H,25,28). The van der Waals surface area contributed by atoms with Gasteiger partial charge in [0.05, 0.1) is 19.8 Å². The number of hydrogen-bond acceptors (Lipinski definition) is 5. The Bertz CT molecular complexity index is 892. The van der Waals surface area contributed by atoms with Crippen LogP contribution in [0.3, 0.4) is 0 Å². The lowest BCUT2D eigenvalue weighted by Crippen LogP contribution is -2.40. The Labute approximate surface area is 175 Å². The molecule has 158 valence electrons. The topological polar surface area (TPSA) is 99.8 Å². The third-order valence-corrected chi connectivity index (χ3v) is 4.63. The smallest absolute Gasteiger partial charge is 0.254 e. The van der Waals surface area contributed by atoms with Crippen LogP contribution in [-0.4, -0.2) is 55.5 Å². The van der Waals surface area contributed by atoms with Crippen molar-refractivity contribution in [2.45, 2.75) is 13.3 Å². The second-order valence-corrected chi connectivity index (χ2v) is 6.87. The number of nitrogens with zero attached hydrogens (tertiary/aromatic N) is 1. The summed E-state index contributed by atoms with van der Waals surface area (Å²) in [5.41, 5.74) is 2.58. The molecule has 3 rings (SSSR count). The highest BCUT2D eigenvalue weighted by molar-refractivity contribution is 5.96. The summed E-state index contributed by atoms with van der Waals surface area (Å²) in [6, 6.07) is 14.0. The van der Waals surface area contributed by atoms with Crippen LogP contribution in [0.4, 0.5) is 17.1 Å². The molecule has 2 aromatic rings. The van der Waals surface area contributed by atoms with Gasteiger partial charge in [0, 0.05) is 42.1 Å². The SMILES string of the molecule is CCC(=O)Nc1cccc(NC(=O)CNc2ccc(C(=O)N3CCOCC3)cc2)c1. The van der Waals surface area contributed by atoms with E-state index in [4.69, 9.17) is 4.74 Å². The number of carbonyl (C=O) groups is 3. The number of ether oxygens (including phenoxy) is 1. The first-order chi connectivity index (χ1) is 14.5. The Morgan fingerprint density at radius 3 is 2.17 bits per heavy atom. The molecule has 1 heterocycles. The number of amides is 3. The summed E-state index contributed by atoms with van der Waals surface area (Å²) in [6.45, 7) is 4.17. The summed E-state index contributed by atoms with van der Waals surface area (Å²) in [4.78, 5) is 37.9. The predicted octanol–water partition coefficient (Wildman–Crippen LogP) is 2.56. The molecule has 0 spiro atoms. The maximum Gasteiger partial charge on any atom is 0.254 e. The summed E-state index contributed by atoms with van der Waals surface area (Å²) < 4.78 is 5.27. The van der Waals surface area contributed by atoms with Gasteiger partial charge in [-0.1, -0.05) is 13.0 Å². The summed E-state index contributed by atoms with van der Waals surface area (Å²) in [5.74, 6) is -0.323. The fourth-order valence-corrected chi connectivity index (χ4v) is 2.99. The van der Waals surface area contributed by atoms with Gasteiger partial charge in [-0.05, 0) is 42.5 Å².